The third-order valence-electron chi connectivity index (χ3n) is 9.55. The third kappa shape index (κ3) is 12.9. The van der Waals surface area contributed by atoms with Crippen LogP contribution < -0.4 is 80.0 Å². The predicted octanol–water partition coefficient (Wildman–Crippen LogP) is -3.97. The maximum atomic E-state index is 12.7. The molecule has 60 heavy (non-hydrogen) atoms. The first-order valence-corrected chi connectivity index (χ1v) is 18.4. The Balaban J connectivity index is 0.000000310. The van der Waals surface area contributed by atoms with Gasteiger partial charge in [0.05, 0.1) is 25.0 Å². The monoisotopic (exact) mass is 832 g/mol. The van der Waals surface area contributed by atoms with Crippen LogP contribution in [0.1, 0.15) is 25.0 Å². The van der Waals surface area contributed by atoms with Crippen LogP contribution in [0.4, 0.5) is 0 Å². The quantitative estimate of drug-likeness (QED) is 0.0802. The number of amides is 4. The van der Waals surface area contributed by atoms with Crippen molar-refractivity contribution in [3.8, 4) is 22.3 Å². The Morgan fingerprint density at radius 2 is 0.850 bits per heavy atom. The molecule has 0 bridgehead atoms. The van der Waals surface area contributed by atoms with Gasteiger partial charge in [-0.2, -0.15) is 0 Å². The summed E-state index contributed by atoms with van der Waals surface area (Å²) in [6.07, 6.45) is 0. The summed E-state index contributed by atoms with van der Waals surface area (Å²) in [5, 5.41) is 45.6. The number of nitrogens with zero attached hydrogens (tertiary/aromatic N) is 2. The fourth-order valence-corrected chi connectivity index (χ4v) is 6.52. The summed E-state index contributed by atoms with van der Waals surface area (Å²) in [6, 6.07) is 35.3. The van der Waals surface area contributed by atoms with Crippen molar-refractivity contribution in [3.05, 3.63) is 143 Å². The van der Waals surface area contributed by atoms with Gasteiger partial charge in [0, 0.05) is 38.0 Å². The van der Waals surface area contributed by atoms with Crippen molar-refractivity contribution in [1.82, 2.24) is 20.4 Å². The molecule has 2 atom stereocenters. The van der Waals surface area contributed by atoms with Crippen LogP contribution in [-0.2, 0) is 41.9 Å². The van der Waals surface area contributed by atoms with Gasteiger partial charge < -0.3 is 50.4 Å². The van der Waals surface area contributed by atoms with Crippen molar-refractivity contribution in [2.24, 2.45) is 11.8 Å². The van der Waals surface area contributed by atoms with Gasteiger partial charge in [0.2, 0.25) is 0 Å². The Morgan fingerprint density at radius 3 is 1.15 bits per heavy atom. The number of rotatable bonds is 12. The van der Waals surface area contributed by atoms with E-state index in [1.165, 1.54) is 9.80 Å². The number of hydrogen-bond donors (Lipinski definition) is 4. The second-order valence-electron chi connectivity index (χ2n) is 13.9. The van der Waals surface area contributed by atoms with Crippen molar-refractivity contribution in [2.75, 3.05) is 26.2 Å². The summed E-state index contributed by atoms with van der Waals surface area (Å²) < 4.78 is 0. The Hall–Kier alpha value is -5.22. The van der Waals surface area contributed by atoms with Gasteiger partial charge in [-0.3, -0.25) is 19.2 Å². The Labute approximate surface area is 391 Å². The number of hydrogen-bond acceptors (Lipinski definition) is 10. The molecule has 0 spiro atoms. The minimum atomic E-state index is -1.48. The number of aliphatic hydroxyl groups excluding tert-OH is 2. The van der Waals surface area contributed by atoms with Crippen LogP contribution in [0.5, 0.6) is 0 Å². The number of aliphatic hydroxyl groups is 2. The van der Waals surface area contributed by atoms with Crippen LogP contribution in [0.2, 0.25) is 0 Å². The van der Waals surface area contributed by atoms with E-state index in [0.29, 0.717) is 0 Å². The molecular weight excluding hydrogens is 790 g/mol. The maximum absolute atomic E-state index is 12.7. The van der Waals surface area contributed by atoms with Crippen LogP contribution in [0, 0.1) is 11.8 Å². The molecule has 4 aromatic rings. The van der Waals surface area contributed by atoms with Crippen LogP contribution in [0.15, 0.2) is 132 Å². The second kappa shape index (κ2) is 23.0. The zero-order valence-electron chi connectivity index (χ0n) is 33.8. The summed E-state index contributed by atoms with van der Waals surface area (Å²) in [5.41, 5.74) is 5.17. The molecule has 0 aliphatic carbocycles. The van der Waals surface area contributed by atoms with E-state index in [1.54, 1.807) is 13.8 Å². The van der Waals surface area contributed by atoms with Gasteiger partial charge in [0.15, 0.2) is 0 Å². The first-order chi connectivity index (χ1) is 27.7. The topological polar surface area (TPSA) is 220 Å². The summed E-state index contributed by atoms with van der Waals surface area (Å²) in [5.74, 6) is -7.63. The number of carboxylic acids is 2. The van der Waals surface area contributed by atoms with E-state index < -0.39 is 71.6 Å². The molecule has 14 nitrogen and oxygen atoms in total. The van der Waals surface area contributed by atoms with Crippen molar-refractivity contribution >= 4 is 35.6 Å². The van der Waals surface area contributed by atoms with E-state index in [-0.39, 0.29) is 96.8 Å². The van der Waals surface area contributed by atoms with Gasteiger partial charge in [-0.05, 0) is 33.4 Å². The molecule has 0 saturated carbocycles. The largest absolute Gasteiger partial charge is 1.00 e. The standard InChI is InChI=1S/2C22H22N2O5.2Na/c2*1-14-12-24(22(29)19(20(14)27)21(28)23-11-18(25)26)13-15-7-9-17(10-8-15)16-5-3-2-4-6-16;;/h2*2-10,14,27H,11-13H2,1H3,(H,23,28)(H,25,26);;/q;;2*+1/p-2/t2*14-;;/m10../s1. The fraction of sp³-hybridized carbons (Fsp3) is 0.227. The molecule has 4 amide bonds. The van der Waals surface area contributed by atoms with E-state index in [2.05, 4.69) is 10.6 Å². The molecule has 6 rings (SSSR count). The summed E-state index contributed by atoms with van der Waals surface area (Å²) in [4.78, 5) is 73.9. The molecule has 300 valence electrons. The Kier molecular flexibility index (Phi) is 18.8. The molecule has 2 aliphatic rings. The Bertz CT molecular complexity index is 2070. The normalized spacial score (nSPS) is 16.1. The molecular formula is C44H42N4Na2O10. The molecule has 2 heterocycles. The molecule has 0 radical (unpaired) electrons. The van der Waals surface area contributed by atoms with Crippen molar-refractivity contribution in [2.45, 2.75) is 26.9 Å². The van der Waals surface area contributed by atoms with Crippen LogP contribution in [0.3, 0.4) is 0 Å². The zero-order chi connectivity index (χ0) is 41.9. The zero-order valence-corrected chi connectivity index (χ0v) is 37.8. The summed E-state index contributed by atoms with van der Waals surface area (Å²) >= 11 is 0. The van der Waals surface area contributed by atoms with Gasteiger partial charge >= 0.3 is 59.1 Å². The van der Waals surface area contributed by atoms with Gasteiger partial charge in [0.1, 0.15) is 22.7 Å². The first-order valence-electron chi connectivity index (χ1n) is 18.4. The average molecular weight is 833 g/mol. The molecule has 2 aliphatic heterocycles. The number of aliphatic carboxylic acids is 2. The van der Waals surface area contributed by atoms with Crippen LogP contribution >= 0.6 is 0 Å². The van der Waals surface area contributed by atoms with E-state index in [9.17, 15) is 49.2 Å². The minimum absolute atomic E-state index is 0. The molecule has 0 saturated heterocycles. The third-order valence-corrected chi connectivity index (χ3v) is 9.55. The number of carboxylic acid groups (broad SMARTS) is 2. The first kappa shape index (κ1) is 49.1. The van der Waals surface area contributed by atoms with Crippen molar-refractivity contribution in [3.63, 3.8) is 0 Å². The van der Waals surface area contributed by atoms with E-state index in [0.717, 1.165) is 33.4 Å². The molecule has 4 N–H and O–H groups in total. The molecule has 0 unspecified atom stereocenters. The minimum Gasteiger partial charge on any atom is -0.548 e. The molecule has 4 aromatic carbocycles. The number of nitrogens with one attached hydrogen (secondary N) is 2. The van der Waals surface area contributed by atoms with Crippen LogP contribution in [-0.4, -0.2) is 81.8 Å². The predicted molar refractivity (Wildman–Crippen MR) is 208 cm³/mol. The molecule has 0 aromatic heterocycles. The average Bonchev–Trinajstić information content (AvgIpc) is 3.22. The van der Waals surface area contributed by atoms with Crippen molar-refractivity contribution < 1.29 is 108 Å². The number of benzene rings is 4. The summed E-state index contributed by atoms with van der Waals surface area (Å²) in [6.45, 7) is 2.95. The number of carbonyl (C=O) groups excluding carboxylic acids is 6. The fourth-order valence-electron chi connectivity index (χ4n) is 6.52. The summed E-state index contributed by atoms with van der Waals surface area (Å²) in [7, 11) is 0. The smallest absolute Gasteiger partial charge is 0.548 e. The van der Waals surface area contributed by atoms with E-state index in [1.807, 2.05) is 109 Å². The van der Waals surface area contributed by atoms with Gasteiger partial charge in [0.25, 0.3) is 23.6 Å². The Morgan fingerprint density at radius 1 is 0.550 bits per heavy atom. The molecule has 0 fully saturated rings. The number of carbonyl (C=O) groups is 6. The van der Waals surface area contributed by atoms with Crippen LogP contribution in [0.25, 0.3) is 22.3 Å². The SMILES string of the molecule is C[C@@H]1CN(Cc2ccc(-c3ccccc3)cc2)C(=O)C(C(=O)NCC(=O)[O-])=C1O.C[C@H]1CN(Cc2ccc(-c3ccccc3)cc2)C(=O)C(C(=O)NCC(=O)[O-])=C1O.[Na+].[Na+]. The van der Waals surface area contributed by atoms with E-state index in [4.69, 9.17) is 0 Å². The molecule has 16 heteroatoms. The van der Waals surface area contributed by atoms with Gasteiger partial charge in [-0.1, -0.05) is 123 Å². The van der Waals surface area contributed by atoms with E-state index >= 15 is 0 Å². The van der Waals surface area contributed by atoms with Crippen molar-refractivity contribution in [1.29, 1.82) is 0 Å². The van der Waals surface area contributed by atoms with Gasteiger partial charge in [-0.15, -0.1) is 0 Å². The van der Waals surface area contributed by atoms with Gasteiger partial charge in [-0.25, -0.2) is 0 Å². The second-order valence-corrected chi connectivity index (χ2v) is 13.9. The maximum Gasteiger partial charge on any atom is 1.00 e.